The first-order chi connectivity index (χ1) is 13.8. The maximum Gasteiger partial charge on any atom is 0.252 e. The lowest BCUT2D eigenvalue weighted by atomic mass is 10.00. The van der Waals surface area contributed by atoms with Crippen LogP contribution in [0.15, 0.2) is 55.2 Å². The Bertz CT molecular complexity index is 1200. The van der Waals surface area contributed by atoms with E-state index in [1.54, 1.807) is 59.7 Å². The Morgan fingerprint density at radius 3 is 2.62 bits per heavy atom. The lowest BCUT2D eigenvalue weighted by molar-refractivity contribution is 0.100. The Balaban J connectivity index is 1.62. The van der Waals surface area contributed by atoms with Gasteiger partial charge in [0.15, 0.2) is 0 Å². The second-order valence-corrected chi connectivity index (χ2v) is 7.43. The number of amides is 1. The van der Waals surface area contributed by atoms with E-state index in [9.17, 15) is 4.79 Å². The number of carbonyl (C=O) groups is 1. The van der Waals surface area contributed by atoms with E-state index in [1.807, 2.05) is 13.8 Å². The van der Waals surface area contributed by atoms with Crippen LogP contribution in [0.2, 0.25) is 5.02 Å². The van der Waals surface area contributed by atoms with Crippen LogP contribution in [0.5, 0.6) is 0 Å². The zero-order chi connectivity index (χ0) is 20.6. The molecule has 0 fully saturated rings. The smallest absolute Gasteiger partial charge is 0.252 e. The topological polar surface area (TPSA) is 111 Å². The molecule has 0 aromatic carbocycles. The Morgan fingerprint density at radius 1 is 1.17 bits per heavy atom. The highest BCUT2D eigenvalue weighted by Gasteiger charge is 2.25. The molecule has 146 valence electrons. The van der Waals surface area contributed by atoms with Crippen molar-refractivity contribution < 1.29 is 4.79 Å². The molecule has 3 N–H and O–H groups in total. The fourth-order valence-electron chi connectivity index (χ4n) is 3.05. The number of halogens is 1. The summed E-state index contributed by atoms with van der Waals surface area (Å²) >= 11 is 6.27. The van der Waals surface area contributed by atoms with E-state index >= 15 is 0 Å². The maximum absolute atomic E-state index is 11.6. The molecule has 0 radical (unpaired) electrons. The summed E-state index contributed by atoms with van der Waals surface area (Å²) in [5.74, 6) is -0.0963. The van der Waals surface area contributed by atoms with Crippen LogP contribution in [0.25, 0.3) is 16.9 Å². The Kier molecular flexibility index (Phi) is 4.63. The highest BCUT2D eigenvalue weighted by molar-refractivity contribution is 6.31. The van der Waals surface area contributed by atoms with Crippen molar-refractivity contribution in [1.82, 2.24) is 24.3 Å². The highest BCUT2D eigenvalue weighted by atomic mass is 35.5. The minimum absolute atomic E-state index is 0.354. The predicted molar refractivity (Wildman–Crippen MR) is 111 cm³/mol. The zero-order valence-electron chi connectivity index (χ0n) is 15.8. The van der Waals surface area contributed by atoms with Gasteiger partial charge >= 0.3 is 0 Å². The van der Waals surface area contributed by atoms with Crippen LogP contribution in [-0.2, 0) is 5.54 Å². The lowest BCUT2D eigenvalue weighted by Gasteiger charge is -2.26. The fourth-order valence-corrected chi connectivity index (χ4v) is 3.41. The Hall–Kier alpha value is -3.52. The molecule has 0 unspecified atom stereocenters. The van der Waals surface area contributed by atoms with E-state index in [1.165, 1.54) is 0 Å². The zero-order valence-corrected chi connectivity index (χ0v) is 16.6. The van der Waals surface area contributed by atoms with Crippen LogP contribution >= 0.6 is 11.6 Å². The third-order valence-electron chi connectivity index (χ3n) is 4.47. The van der Waals surface area contributed by atoms with E-state index in [4.69, 9.17) is 17.3 Å². The van der Waals surface area contributed by atoms with Gasteiger partial charge in [0.2, 0.25) is 5.95 Å². The monoisotopic (exact) mass is 407 g/mol. The maximum atomic E-state index is 11.6. The highest BCUT2D eigenvalue weighted by Crippen LogP contribution is 2.28. The summed E-state index contributed by atoms with van der Waals surface area (Å²) in [6, 6.07) is 6.96. The number of rotatable bonds is 5. The van der Waals surface area contributed by atoms with Gasteiger partial charge in [-0.15, -0.1) is 0 Å². The van der Waals surface area contributed by atoms with Gasteiger partial charge in [-0.05, 0) is 38.1 Å². The number of primary amides is 1. The number of hydrogen-bond acceptors (Lipinski definition) is 6. The summed E-state index contributed by atoms with van der Waals surface area (Å²) < 4.78 is 1.74. The largest absolute Gasteiger partial charge is 0.365 e. The predicted octanol–water partition coefficient (Wildman–Crippen LogP) is 3.29. The Morgan fingerprint density at radius 2 is 1.93 bits per heavy atom. The van der Waals surface area contributed by atoms with Crippen molar-refractivity contribution in [3.05, 3.63) is 71.5 Å². The van der Waals surface area contributed by atoms with Crippen LogP contribution < -0.4 is 11.1 Å². The van der Waals surface area contributed by atoms with Crippen molar-refractivity contribution in [2.45, 2.75) is 19.4 Å². The van der Waals surface area contributed by atoms with Crippen molar-refractivity contribution in [2.24, 2.45) is 5.73 Å². The summed E-state index contributed by atoms with van der Waals surface area (Å²) in [4.78, 5) is 29.2. The molecule has 0 aliphatic heterocycles. The van der Waals surface area contributed by atoms with Crippen molar-refractivity contribution in [3.63, 3.8) is 0 Å². The van der Waals surface area contributed by atoms with Crippen LogP contribution in [0, 0.1) is 0 Å². The number of imidazole rings is 1. The number of pyridine rings is 2. The van der Waals surface area contributed by atoms with E-state index < -0.39 is 11.4 Å². The summed E-state index contributed by atoms with van der Waals surface area (Å²) in [7, 11) is 0. The summed E-state index contributed by atoms with van der Waals surface area (Å²) in [5.41, 5.74) is 7.75. The molecule has 0 aliphatic rings. The lowest BCUT2D eigenvalue weighted by Crippen LogP contribution is -2.30. The molecule has 0 saturated carbocycles. The average Bonchev–Trinajstić information content (AvgIpc) is 3.12. The van der Waals surface area contributed by atoms with E-state index in [0.29, 0.717) is 39.1 Å². The molecule has 0 atom stereocenters. The van der Waals surface area contributed by atoms with Gasteiger partial charge in [0, 0.05) is 36.5 Å². The number of nitrogens with zero attached hydrogens (tertiary/aromatic N) is 5. The first-order valence-corrected chi connectivity index (χ1v) is 9.22. The van der Waals surface area contributed by atoms with E-state index in [0.717, 1.165) is 0 Å². The summed E-state index contributed by atoms with van der Waals surface area (Å²) in [5, 5.41) is 3.81. The minimum Gasteiger partial charge on any atom is -0.365 e. The Labute approximate surface area is 171 Å². The molecule has 0 saturated heterocycles. The molecule has 29 heavy (non-hydrogen) atoms. The van der Waals surface area contributed by atoms with Gasteiger partial charge < -0.3 is 15.5 Å². The van der Waals surface area contributed by atoms with Crippen molar-refractivity contribution >= 4 is 29.1 Å². The number of fused-ring (bicyclic) bond motifs is 1. The van der Waals surface area contributed by atoms with E-state index in [-0.39, 0.29) is 0 Å². The summed E-state index contributed by atoms with van der Waals surface area (Å²) in [6.07, 6.45) is 8.62. The van der Waals surface area contributed by atoms with Gasteiger partial charge in [-0.1, -0.05) is 11.6 Å². The normalized spacial score (nSPS) is 11.6. The minimum atomic E-state index is -0.570. The van der Waals surface area contributed by atoms with Gasteiger partial charge in [0.25, 0.3) is 5.91 Å². The molecule has 0 bridgehead atoms. The molecule has 0 aliphatic carbocycles. The third-order valence-corrected chi connectivity index (χ3v) is 4.78. The van der Waals surface area contributed by atoms with Crippen LogP contribution in [0.1, 0.15) is 29.9 Å². The van der Waals surface area contributed by atoms with Gasteiger partial charge in [-0.25, -0.2) is 15.0 Å². The second kappa shape index (κ2) is 7.14. The first kappa shape index (κ1) is 18.8. The fraction of sp³-hybridized carbons (Fsp3) is 0.150. The number of nitrogens with two attached hydrogens (primary N) is 1. The van der Waals surface area contributed by atoms with Crippen LogP contribution in [-0.4, -0.2) is 30.2 Å². The molecule has 9 heteroatoms. The van der Waals surface area contributed by atoms with Crippen LogP contribution in [0.3, 0.4) is 0 Å². The number of aromatic nitrogens is 5. The summed E-state index contributed by atoms with van der Waals surface area (Å²) in [6.45, 7) is 3.90. The quantitative estimate of drug-likeness (QED) is 0.525. The molecule has 4 aromatic heterocycles. The number of hydrogen-bond donors (Lipinski definition) is 2. The first-order valence-electron chi connectivity index (χ1n) is 8.84. The number of anilines is 1. The third kappa shape index (κ3) is 3.62. The molecule has 8 nitrogen and oxygen atoms in total. The molecule has 1 amide bonds. The van der Waals surface area contributed by atoms with Gasteiger partial charge in [-0.3, -0.25) is 9.78 Å². The van der Waals surface area contributed by atoms with Crippen molar-refractivity contribution in [2.75, 3.05) is 5.32 Å². The van der Waals surface area contributed by atoms with E-state index in [2.05, 4.69) is 25.3 Å². The molecular formula is C20H18ClN7O. The average molecular weight is 408 g/mol. The number of carbonyl (C=O) groups excluding carboxylic acids is 1. The molecule has 4 heterocycles. The standard InChI is InChI=1S/C20H18ClN7O/c1-20(2,16-14(21)6-3-7-23-16)27-19-24-9-12(10-25-19)15-11-28-8-4-5-13(17(22)29)18(28)26-15/h3-11H,1-2H3,(H2,22,29)(H,24,25,27). The van der Waals surface area contributed by atoms with Crippen molar-refractivity contribution in [1.29, 1.82) is 0 Å². The van der Waals surface area contributed by atoms with Gasteiger partial charge in [-0.2, -0.15) is 0 Å². The van der Waals surface area contributed by atoms with Crippen LogP contribution in [0.4, 0.5) is 5.95 Å². The molecular weight excluding hydrogens is 390 g/mol. The van der Waals surface area contributed by atoms with Crippen molar-refractivity contribution in [3.8, 4) is 11.3 Å². The molecule has 0 spiro atoms. The van der Waals surface area contributed by atoms with Gasteiger partial charge in [0.05, 0.1) is 27.5 Å². The van der Waals surface area contributed by atoms with Gasteiger partial charge in [0.1, 0.15) is 5.65 Å². The second-order valence-electron chi connectivity index (χ2n) is 7.02. The molecule has 4 rings (SSSR count). The molecule has 4 aromatic rings. The number of nitrogens with one attached hydrogen (secondary N) is 1. The SMILES string of the molecule is CC(C)(Nc1ncc(-c2cn3cccc(C(N)=O)c3n2)cn1)c1ncccc1Cl.